The molecule has 92 valence electrons. The molecule has 5 nitrogen and oxygen atoms in total. The van der Waals surface area contributed by atoms with Crippen LogP contribution in [0.1, 0.15) is 27.7 Å². The van der Waals surface area contributed by atoms with Crippen LogP contribution in [0, 0.1) is 0 Å². The molecule has 0 aliphatic carbocycles. The van der Waals surface area contributed by atoms with E-state index in [1.54, 1.807) is 6.20 Å². The number of carboxylic acid groups (broad SMARTS) is 1. The van der Waals surface area contributed by atoms with Gasteiger partial charge < -0.3 is 15.6 Å². The number of aromatic nitrogens is 1. The highest BCUT2D eigenvalue weighted by Gasteiger charge is 2.24. The van der Waals surface area contributed by atoms with Crippen LogP contribution in [0.25, 0.3) is 10.9 Å². The van der Waals surface area contributed by atoms with E-state index in [0.717, 1.165) is 11.1 Å². The Bertz CT molecular complexity index is 672. The van der Waals surface area contributed by atoms with E-state index in [0.29, 0.717) is 17.5 Å². The summed E-state index contributed by atoms with van der Waals surface area (Å²) in [6.45, 7) is 0.393. The normalized spacial score (nSPS) is 18.0. The number of carboxylic acids is 1. The average Bonchev–Trinajstić information content (AvgIpc) is 2.70. The predicted molar refractivity (Wildman–Crippen MR) is 65.4 cm³/mol. The highest BCUT2D eigenvalue weighted by atomic mass is 35.5. The van der Waals surface area contributed by atoms with Crippen molar-refractivity contribution in [3.05, 3.63) is 40.0 Å². The van der Waals surface area contributed by atoms with Crippen LogP contribution >= 0.6 is 11.6 Å². The molecule has 1 aromatic carbocycles. The van der Waals surface area contributed by atoms with Crippen molar-refractivity contribution in [2.75, 3.05) is 0 Å². The molecule has 18 heavy (non-hydrogen) atoms. The molecule has 2 heterocycles. The van der Waals surface area contributed by atoms with Gasteiger partial charge in [0.05, 0.1) is 22.7 Å². The molecule has 0 saturated heterocycles. The van der Waals surface area contributed by atoms with E-state index >= 15 is 0 Å². The lowest BCUT2D eigenvalue weighted by Crippen LogP contribution is -2.09. The van der Waals surface area contributed by atoms with E-state index < -0.39 is 12.2 Å². The monoisotopic (exact) mass is 264 g/mol. The Labute approximate surface area is 107 Å². The van der Waals surface area contributed by atoms with Gasteiger partial charge in [0.15, 0.2) is 0 Å². The van der Waals surface area contributed by atoms with Gasteiger partial charge >= 0.3 is 5.97 Å². The Morgan fingerprint density at radius 1 is 1.56 bits per heavy atom. The van der Waals surface area contributed by atoms with Gasteiger partial charge in [-0.25, -0.2) is 4.79 Å². The molecular formula is C12H9ClN2O3. The quantitative estimate of drug-likeness (QED) is 0.824. The van der Waals surface area contributed by atoms with E-state index in [9.17, 15) is 4.79 Å². The first kappa shape index (κ1) is 11.4. The van der Waals surface area contributed by atoms with Crippen LogP contribution in [-0.4, -0.2) is 16.1 Å². The van der Waals surface area contributed by atoms with Crippen molar-refractivity contribution in [1.82, 2.24) is 4.98 Å². The largest absolute Gasteiger partial charge is 0.478 e. The minimum atomic E-state index is -1.08. The van der Waals surface area contributed by atoms with E-state index in [1.165, 1.54) is 12.1 Å². The highest BCUT2D eigenvalue weighted by molar-refractivity contribution is 6.34. The van der Waals surface area contributed by atoms with Gasteiger partial charge in [0.1, 0.15) is 6.23 Å². The number of benzene rings is 1. The maximum absolute atomic E-state index is 11.1. The molecule has 1 unspecified atom stereocenters. The molecule has 2 aromatic rings. The fourth-order valence-corrected chi connectivity index (χ4v) is 2.39. The molecule has 1 aliphatic heterocycles. The lowest BCUT2D eigenvalue weighted by molar-refractivity contribution is 0.0695. The number of ether oxygens (including phenoxy) is 1. The van der Waals surface area contributed by atoms with Crippen molar-refractivity contribution in [3.63, 3.8) is 0 Å². The second-order valence-electron chi connectivity index (χ2n) is 4.08. The van der Waals surface area contributed by atoms with Crippen LogP contribution in [0.3, 0.4) is 0 Å². The van der Waals surface area contributed by atoms with Crippen molar-refractivity contribution in [1.29, 1.82) is 0 Å². The molecular weight excluding hydrogens is 256 g/mol. The van der Waals surface area contributed by atoms with Gasteiger partial charge in [-0.05, 0) is 12.1 Å². The molecule has 0 bridgehead atoms. The van der Waals surface area contributed by atoms with Gasteiger partial charge in [0.25, 0.3) is 0 Å². The zero-order valence-electron chi connectivity index (χ0n) is 9.18. The number of nitrogens with zero attached hydrogens (tertiary/aromatic N) is 1. The summed E-state index contributed by atoms with van der Waals surface area (Å²) >= 11 is 5.90. The van der Waals surface area contributed by atoms with E-state index in [2.05, 4.69) is 4.98 Å². The molecule has 0 fully saturated rings. The lowest BCUT2D eigenvalue weighted by atomic mass is 10.0. The first-order valence-electron chi connectivity index (χ1n) is 5.29. The molecule has 0 spiro atoms. The Kier molecular flexibility index (Phi) is 2.48. The predicted octanol–water partition coefficient (Wildman–Crippen LogP) is 2.07. The SMILES string of the molecule is NC1OCc2cnc3cc(Cl)c(C(=O)O)cc3c21. The minimum absolute atomic E-state index is 0.0402. The van der Waals surface area contributed by atoms with Crippen LogP contribution in [0.2, 0.25) is 5.02 Å². The number of pyridine rings is 1. The molecule has 1 aromatic heterocycles. The number of fused-ring (bicyclic) bond motifs is 3. The van der Waals surface area contributed by atoms with Crippen molar-refractivity contribution < 1.29 is 14.6 Å². The molecule has 3 N–H and O–H groups in total. The van der Waals surface area contributed by atoms with Gasteiger partial charge in [-0.1, -0.05) is 11.6 Å². The van der Waals surface area contributed by atoms with Crippen LogP contribution in [-0.2, 0) is 11.3 Å². The summed E-state index contributed by atoms with van der Waals surface area (Å²) in [5, 5.41) is 9.91. The summed E-state index contributed by atoms with van der Waals surface area (Å²) < 4.78 is 5.32. The van der Waals surface area contributed by atoms with Crippen LogP contribution in [0.15, 0.2) is 18.3 Å². The Balaban J connectivity index is 2.37. The first-order valence-corrected chi connectivity index (χ1v) is 5.67. The number of hydrogen-bond donors (Lipinski definition) is 2. The Morgan fingerprint density at radius 3 is 3.06 bits per heavy atom. The van der Waals surface area contributed by atoms with Crippen LogP contribution in [0.5, 0.6) is 0 Å². The van der Waals surface area contributed by atoms with Gasteiger partial charge in [0, 0.05) is 22.7 Å². The van der Waals surface area contributed by atoms with E-state index in [1.807, 2.05) is 0 Å². The van der Waals surface area contributed by atoms with Crippen molar-refractivity contribution in [2.45, 2.75) is 12.8 Å². The molecule has 0 saturated carbocycles. The molecule has 0 radical (unpaired) electrons. The van der Waals surface area contributed by atoms with Gasteiger partial charge in [0.2, 0.25) is 0 Å². The molecule has 0 amide bonds. The summed E-state index contributed by atoms with van der Waals surface area (Å²) in [6, 6.07) is 3.03. The lowest BCUT2D eigenvalue weighted by Gasteiger charge is -2.09. The summed E-state index contributed by atoms with van der Waals surface area (Å²) in [5.41, 5.74) is 8.18. The minimum Gasteiger partial charge on any atom is -0.478 e. The fraction of sp³-hybridized carbons (Fsp3) is 0.167. The Hall–Kier alpha value is -1.69. The van der Waals surface area contributed by atoms with Crippen LogP contribution < -0.4 is 5.73 Å². The summed E-state index contributed by atoms with van der Waals surface area (Å²) in [5.74, 6) is -1.08. The van der Waals surface area contributed by atoms with Crippen molar-refractivity contribution in [2.24, 2.45) is 5.73 Å². The zero-order valence-corrected chi connectivity index (χ0v) is 9.94. The van der Waals surface area contributed by atoms with E-state index in [-0.39, 0.29) is 10.6 Å². The first-order chi connectivity index (χ1) is 8.58. The standard InChI is InChI=1S/C12H9ClN2O3/c13-8-2-9-7(1-6(8)12(16)17)10-5(3-15-9)4-18-11(10)14/h1-3,11H,4,14H2,(H,16,17). The third-order valence-electron chi connectivity index (χ3n) is 3.01. The number of hydrogen-bond acceptors (Lipinski definition) is 4. The van der Waals surface area contributed by atoms with Crippen LogP contribution in [0.4, 0.5) is 0 Å². The molecule has 6 heteroatoms. The number of halogens is 1. The summed E-state index contributed by atoms with van der Waals surface area (Å²) in [4.78, 5) is 15.3. The topological polar surface area (TPSA) is 85.4 Å². The van der Waals surface area contributed by atoms with Gasteiger partial charge in [-0.2, -0.15) is 0 Å². The molecule has 3 rings (SSSR count). The third kappa shape index (κ3) is 1.56. The van der Waals surface area contributed by atoms with Crippen molar-refractivity contribution in [3.8, 4) is 0 Å². The third-order valence-corrected chi connectivity index (χ3v) is 3.33. The second-order valence-corrected chi connectivity index (χ2v) is 4.49. The van der Waals surface area contributed by atoms with Gasteiger partial charge in [-0.15, -0.1) is 0 Å². The Morgan fingerprint density at radius 2 is 2.33 bits per heavy atom. The smallest absolute Gasteiger partial charge is 0.337 e. The average molecular weight is 265 g/mol. The highest BCUT2D eigenvalue weighted by Crippen LogP contribution is 2.34. The maximum Gasteiger partial charge on any atom is 0.337 e. The number of carbonyl (C=O) groups is 1. The van der Waals surface area contributed by atoms with E-state index in [4.69, 9.17) is 27.2 Å². The molecule has 1 atom stereocenters. The number of rotatable bonds is 1. The van der Waals surface area contributed by atoms with Gasteiger partial charge in [-0.3, -0.25) is 4.98 Å². The zero-order chi connectivity index (χ0) is 12.9. The summed E-state index contributed by atoms with van der Waals surface area (Å²) in [7, 11) is 0. The summed E-state index contributed by atoms with van der Waals surface area (Å²) in [6.07, 6.45) is 1.13. The number of nitrogens with two attached hydrogens (primary N) is 1. The second kappa shape index (κ2) is 3.91. The number of aromatic carboxylic acids is 1. The van der Waals surface area contributed by atoms with Crippen molar-refractivity contribution >= 4 is 28.5 Å². The maximum atomic E-state index is 11.1. The fourth-order valence-electron chi connectivity index (χ4n) is 2.15. The molecule has 1 aliphatic rings.